The molecule has 4 saturated carbocycles. The predicted molar refractivity (Wildman–Crippen MR) is 107 cm³/mol. The molecule has 3 atom stereocenters. The van der Waals surface area contributed by atoms with Crippen LogP contribution >= 0.6 is 11.6 Å². The van der Waals surface area contributed by atoms with Gasteiger partial charge in [-0.25, -0.2) is 8.42 Å². The summed E-state index contributed by atoms with van der Waals surface area (Å²) < 4.78 is 28.3. The lowest BCUT2D eigenvalue weighted by Gasteiger charge is -2.64. The third-order valence-electron chi connectivity index (χ3n) is 7.13. The number of hydrogen-bond acceptors (Lipinski definition) is 3. The van der Waals surface area contributed by atoms with Crippen molar-refractivity contribution in [2.75, 3.05) is 0 Å². The average molecular weight is 410 g/mol. The second-order valence-corrected chi connectivity index (χ2v) is 12.5. The highest BCUT2D eigenvalue weighted by Gasteiger charge is 2.63. The molecule has 0 aliphatic heterocycles. The molecule has 0 radical (unpaired) electrons. The van der Waals surface area contributed by atoms with E-state index in [9.17, 15) is 13.2 Å². The molecule has 6 heteroatoms. The van der Waals surface area contributed by atoms with Gasteiger partial charge in [0, 0.05) is 5.02 Å². The van der Waals surface area contributed by atoms with Gasteiger partial charge in [-0.3, -0.25) is 9.52 Å². The fraction of sp³-hybridized carbons (Fsp3) is 0.667. The lowest BCUT2D eigenvalue weighted by molar-refractivity contribution is -0.168. The first-order chi connectivity index (χ1) is 12.4. The van der Waals surface area contributed by atoms with Crippen LogP contribution in [-0.2, 0) is 14.8 Å². The molecule has 0 spiro atoms. The zero-order valence-electron chi connectivity index (χ0n) is 16.2. The van der Waals surface area contributed by atoms with E-state index in [2.05, 4.69) is 18.6 Å². The number of benzene rings is 1. The summed E-state index contributed by atoms with van der Waals surface area (Å²) in [6.45, 7) is 6.16. The molecule has 4 aliphatic rings. The molecule has 148 valence electrons. The smallest absolute Gasteiger partial charge is 0.241 e. The number of halogens is 1. The Kier molecular flexibility index (Phi) is 4.25. The molecular weight excluding hydrogens is 382 g/mol. The van der Waals surface area contributed by atoms with Gasteiger partial charge in [-0.1, -0.05) is 37.6 Å². The highest BCUT2D eigenvalue weighted by atomic mass is 35.5. The van der Waals surface area contributed by atoms with Crippen molar-refractivity contribution in [1.29, 1.82) is 0 Å². The van der Waals surface area contributed by atoms with E-state index < -0.39 is 20.7 Å². The summed E-state index contributed by atoms with van der Waals surface area (Å²) in [6.07, 6.45) is 5.92. The number of amides is 1. The van der Waals surface area contributed by atoms with Gasteiger partial charge in [-0.05, 0) is 79.9 Å². The lowest BCUT2D eigenvalue weighted by atomic mass is 9.40. The zero-order valence-corrected chi connectivity index (χ0v) is 17.8. The van der Waals surface area contributed by atoms with Crippen LogP contribution in [0.15, 0.2) is 24.3 Å². The summed E-state index contributed by atoms with van der Waals surface area (Å²) in [7, 11) is -3.82. The van der Waals surface area contributed by atoms with Crippen LogP contribution in [0.4, 0.5) is 0 Å². The van der Waals surface area contributed by atoms with E-state index in [4.69, 9.17) is 11.6 Å². The topological polar surface area (TPSA) is 63.2 Å². The van der Waals surface area contributed by atoms with Gasteiger partial charge >= 0.3 is 0 Å². The van der Waals surface area contributed by atoms with E-state index in [0.717, 1.165) is 25.7 Å². The average Bonchev–Trinajstić information content (AvgIpc) is 2.50. The van der Waals surface area contributed by atoms with Crippen LogP contribution in [0.1, 0.15) is 70.1 Å². The monoisotopic (exact) mass is 409 g/mol. The Morgan fingerprint density at radius 3 is 2.33 bits per heavy atom. The van der Waals surface area contributed by atoms with Crippen molar-refractivity contribution < 1.29 is 13.2 Å². The van der Waals surface area contributed by atoms with Gasteiger partial charge in [0.2, 0.25) is 15.9 Å². The van der Waals surface area contributed by atoms with Crippen LogP contribution in [0, 0.1) is 22.2 Å². The second-order valence-electron chi connectivity index (χ2n) is 10.1. The van der Waals surface area contributed by atoms with Crippen LogP contribution in [0.3, 0.4) is 0 Å². The van der Waals surface area contributed by atoms with Crippen LogP contribution < -0.4 is 4.72 Å². The summed E-state index contributed by atoms with van der Waals surface area (Å²) in [5, 5.41) is -0.344. The Bertz CT molecular complexity index is 878. The van der Waals surface area contributed by atoms with Crippen LogP contribution in [-0.4, -0.2) is 14.3 Å². The van der Waals surface area contributed by atoms with Gasteiger partial charge in [0.15, 0.2) is 0 Å². The van der Waals surface area contributed by atoms with Crippen molar-refractivity contribution in [1.82, 2.24) is 4.72 Å². The lowest BCUT2D eigenvalue weighted by Crippen LogP contribution is -2.60. The van der Waals surface area contributed by atoms with Gasteiger partial charge in [-0.15, -0.1) is 0 Å². The highest BCUT2D eigenvalue weighted by molar-refractivity contribution is 7.90. The van der Waals surface area contributed by atoms with Crippen LogP contribution in [0.2, 0.25) is 5.02 Å². The van der Waals surface area contributed by atoms with E-state index in [1.54, 1.807) is 31.2 Å². The Balaban J connectivity index is 1.58. The first kappa shape index (κ1) is 19.3. The molecule has 1 amide bonds. The quantitative estimate of drug-likeness (QED) is 0.773. The maximum atomic E-state index is 13.3. The summed E-state index contributed by atoms with van der Waals surface area (Å²) >= 11 is 6.00. The van der Waals surface area contributed by atoms with Gasteiger partial charge in [0.1, 0.15) is 5.25 Å². The number of hydrogen-bond donors (Lipinski definition) is 1. The molecule has 4 aliphatic carbocycles. The maximum Gasteiger partial charge on any atom is 0.241 e. The van der Waals surface area contributed by atoms with Crippen molar-refractivity contribution in [2.45, 2.75) is 64.5 Å². The molecule has 0 aromatic heterocycles. The summed E-state index contributed by atoms with van der Waals surface area (Å²) in [5.74, 6) is 0.244. The molecular formula is C21H28ClNO3S. The molecule has 4 bridgehead atoms. The molecule has 5 rings (SSSR count). The van der Waals surface area contributed by atoms with E-state index in [-0.39, 0.29) is 16.7 Å². The minimum Gasteiger partial charge on any atom is -0.273 e. The summed E-state index contributed by atoms with van der Waals surface area (Å²) in [6, 6.07) is 6.81. The molecule has 4 nitrogen and oxygen atoms in total. The van der Waals surface area contributed by atoms with Crippen LogP contribution in [0.25, 0.3) is 0 Å². The fourth-order valence-corrected chi connectivity index (χ4v) is 8.32. The number of carbonyl (C=O) groups is 1. The number of carbonyl (C=O) groups excluding carboxylic acids is 1. The SMILES string of the molecule is CC(c1cccc(Cl)c1)S(=O)(=O)NC(=O)C12CC3CC(C)(CC(C)(C3)C1)C2. The van der Waals surface area contributed by atoms with E-state index in [1.807, 2.05) is 0 Å². The molecule has 0 heterocycles. The predicted octanol–water partition coefficient (Wildman–Crippen LogP) is 4.84. The third-order valence-corrected chi connectivity index (χ3v) is 9.03. The number of nitrogens with one attached hydrogen (secondary N) is 1. The molecule has 1 aromatic carbocycles. The van der Waals surface area contributed by atoms with Gasteiger partial charge in [0.25, 0.3) is 0 Å². The summed E-state index contributed by atoms with van der Waals surface area (Å²) in [4.78, 5) is 13.3. The minimum absolute atomic E-state index is 0.161. The normalized spacial score (nSPS) is 38.6. The second kappa shape index (κ2) is 5.96. The molecule has 27 heavy (non-hydrogen) atoms. The van der Waals surface area contributed by atoms with Crippen molar-refractivity contribution >= 4 is 27.5 Å². The van der Waals surface area contributed by atoms with Gasteiger partial charge < -0.3 is 0 Å². The van der Waals surface area contributed by atoms with E-state index in [0.29, 0.717) is 16.5 Å². The molecule has 3 unspecified atom stereocenters. The standard InChI is InChI=1S/C21H28ClNO3S/c1-14(16-5-4-6-17(22)7-16)27(25,26)23-18(24)21-10-15-8-19(2,12-21)11-20(3,9-15)13-21/h4-7,14-15H,8-13H2,1-3H3,(H,23,24). The van der Waals surface area contributed by atoms with Crippen molar-refractivity contribution in [3.05, 3.63) is 34.9 Å². The molecule has 1 aromatic rings. The van der Waals surface area contributed by atoms with Crippen molar-refractivity contribution in [3.8, 4) is 0 Å². The highest BCUT2D eigenvalue weighted by Crippen LogP contribution is 2.69. The first-order valence-electron chi connectivity index (χ1n) is 9.76. The van der Waals surface area contributed by atoms with Crippen molar-refractivity contribution in [3.63, 3.8) is 0 Å². The Morgan fingerprint density at radius 2 is 1.78 bits per heavy atom. The van der Waals surface area contributed by atoms with Gasteiger partial charge in [0.05, 0.1) is 5.41 Å². The first-order valence-corrected chi connectivity index (χ1v) is 11.7. The van der Waals surface area contributed by atoms with Crippen molar-refractivity contribution in [2.24, 2.45) is 22.2 Å². The van der Waals surface area contributed by atoms with E-state index >= 15 is 0 Å². The Morgan fingerprint density at radius 1 is 1.15 bits per heavy atom. The zero-order chi connectivity index (χ0) is 19.7. The number of rotatable bonds is 4. The molecule has 0 saturated heterocycles. The third kappa shape index (κ3) is 3.31. The van der Waals surface area contributed by atoms with Gasteiger partial charge in [-0.2, -0.15) is 0 Å². The summed E-state index contributed by atoms with van der Waals surface area (Å²) in [5.41, 5.74) is 0.373. The van der Waals surface area contributed by atoms with E-state index in [1.165, 1.54) is 12.8 Å². The minimum atomic E-state index is -3.82. The Labute approximate surface area is 167 Å². The number of sulfonamides is 1. The molecule has 4 fully saturated rings. The Hall–Kier alpha value is -1.07. The van der Waals surface area contributed by atoms with Crippen LogP contribution in [0.5, 0.6) is 0 Å². The fourth-order valence-electron chi connectivity index (χ4n) is 6.97. The maximum absolute atomic E-state index is 13.3. The molecule has 1 N–H and O–H groups in total. The largest absolute Gasteiger partial charge is 0.273 e.